The van der Waals surface area contributed by atoms with E-state index in [-0.39, 0.29) is 23.8 Å². The van der Waals surface area contributed by atoms with E-state index in [1.807, 2.05) is 27.1 Å². The number of nitrogens with zero attached hydrogens (tertiary/aromatic N) is 1. The first-order valence-corrected chi connectivity index (χ1v) is 8.06. The molecule has 2 amide bonds. The lowest BCUT2D eigenvalue weighted by molar-refractivity contribution is -0.117. The van der Waals surface area contributed by atoms with Gasteiger partial charge in [-0.15, -0.1) is 11.3 Å². The smallest absolute Gasteiger partial charge is 0.261 e. The minimum Gasteiger partial charge on any atom is -0.350 e. The Hall–Kier alpha value is -1.40. The summed E-state index contributed by atoms with van der Waals surface area (Å²) < 4.78 is 0. The lowest BCUT2D eigenvalue weighted by atomic mass is 10.2. The van der Waals surface area contributed by atoms with Crippen molar-refractivity contribution in [2.45, 2.75) is 32.7 Å². The van der Waals surface area contributed by atoms with E-state index in [9.17, 15) is 9.59 Å². The molecule has 1 atom stereocenters. The molecule has 1 aliphatic carbocycles. The van der Waals surface area contributed by atoms with Crippen molar-refractivity contribution in [1.29, 1.82) is 0 Å². The van der Waals surface area contributed by atoms with Crippen LogP contribution < -0.4 is 10.6 Å². The van der Waals surface area contributed by atoms with Gasteiger partial charge in [-0.25, -0.2) is 0 Å². The molecule has 21 heavy (non-hydrogen) atoms. The van der Waals surface area contributed by atoms with Crippen molar-refractivity contribution in [2.75, 3.05) is 26.0 Å². The van der Waals surface area contributed by atoms with Gasteiger partial charge in [-0.2, -0.15) is 0 Å². The normalized spacial score (nSPS) is 15.9. The molecule has 1 saturated carbocycles. The van der Waals surface area contributed by atoms with E-state index in [0.29, 0.717) is 11.4 Å². The van der Waals surface area contributed by atoms with Crippen LogP contribution in [0.3, 0.4) is 0 Å². The molecule has 1 heterocycles. The van der Waals surface area contributed by atoms with Gasteiger partial charge in [0.1, 0.15) is 0 Å². The Labute approximate surface area is 129 Å². The summed E-state index contributed by atoms with van der Waals surface area (Å²) in [6, 6.07) is 2.15. The van der Waals surface area contributed by atoms with E-state index in [2.05, 4.69) is 22.5 Å². The number of nitrogens with one attached hydrogen (secondary N) is 2. The predicted molar refractivity (Wildman–Crippen MR) is 85.9 cm³/mol. The number of rotatable bonds is 6. The second-order valence-corrected chi connectivity index (χ2v) is 6.96. The molecule has 116 valence electrons. The second kappa shape index (κ2) is 6.58. The van der Waals surface area contributed by atoms with Crippen LogP contribution in [0.2, 0.25) is 0 Å². The van der Waals surface area contributed by atoms with Crippen molar-refractivity contribution >= 4 is 28.2 Å². The first kappa shape index (κ1) is 16.0. The fourth-order valence-electron chi connectivity index (χ4n) is 1.84. The van der Waals surface area contributed by atoms with Crippen LogP contribution >= 0.6 is 11.3 Å². The first-order chi connectivity index (χ1) is 9.88. The molecule has 2 N–H and O–H groups in total. The highest BCUT2D eigenvalue weighted by Crippen LogP contribution is 2.32. The number of hydrogen-bond donors (Lipinski definition) is 2. The van der Waals surface area contributed by atoms with Crippen LogP contribution in [0.1, 0.15) is 35.0 Å². The molecule has 1 aliphatic rings. The first-order valence-electron chi connectivity index (χ1n) is 7.24. The summed E-state index contributed by atoms with van der Waals surface area (Å²) in [5, 5.41) is 6.59. The van der Waals surface area contributed by atoms with Crippen LogP contribution in [0.4, 0.5) is 5.00 Å². The van der Waals surface area contributed by atoms with E-state index in [1.165, 1.54) is 11.3 Å². The van der Waals surface area contributed by atoms with E-state index in [1.54, 1.807) is 0 Å². The molecule has 0 radical (unpaired) electrons. The van der Waals surface area contributed by atoms with E-state index >= 15 is 0 Å². The molecule has 0 aromatic carbocycles. The molecule has 0 saturated heterocycles. The van der Waals surface area contributed by atoms with Gasteiger partial charge in [0.25, 0.3) is 5.91 Å². The Bertz CT molecular complexity index is 535. The zero-order valence-electron chi connectivity index (χ0n) is 13.0. The van der Waals surface area contributed by atoms with Crippen LogP contribution in [-0.4, -0.2) is 43.4 Å². The molecular weight excluding hydrogens is 286 g/mol. The summed E-state index contributed by atoms with van der Waals surface area (Å²) in [6.07, 6.45) is 1.96. The highest BCUT2D eigenvalue weighted by Gasteiger charge is 2.30. The summed E-state index contributed by atoms with van der Waals surface area (Å²) >= 11 is 1.34. The van der Waals surface area contributed by atoms with Crippen molar-refractivity contribution in [1.82, 2.24) is 10.2 Å². The Balaban J connectivity index is 1.94. The number of carbonyl (C=O) groups is 2. The lowest BCUT2D eigenvalue weighted by Crippen LogP contribution is -2.38. The molecule has 0 aliphatic heterocycles. The van der Waals surface area contributed by atoms with E-state index < -0.39 is 0 Å². The van der Waals surface area contributed by atoms with Gasteiger partial charge in [0.15, 0.2) is 0 Å². The van der Waals surface area contributed by atoms with Crippen LogP contribution in [0.5, 0.6) is 0 Å². The van der Waals surface area contributed by atoms with Crippen LogP contribution in [0, 0.1) is 12.8 Å². The molecule has 1 unspecified atom stereocenters. The highest BCUT2D eigenvalue weighted by atomic mass is 32.1. The minimum atomic E-state index is -0.0712. The summed E-state index contributed by atoms with van der Waals surface area (Å²) in [5.41, 5.74) is 0.904. The third-order valence-corrected chi connectivity index (χ3v) is 4.91. The molecule has 2 rings (SSSR count). The monoisotopic (exact) mass is 309 g/mol. The maximum absolute atomic E-state index is 12.2. The fourth-order valence-corrected chi connectivity index (χ4v) is 2.83. The number of amides is 2. The Kier molecular flexibility index (Phi) is 5.00. The number of anilines is 1. The minimum absolute atomic E-state index is 0.0712. The van der Waals surface area contributed by atoms with Gasteiger partial charge in [-0.05, 0) is 52.4 Å². The average Bonchev–Trinajstić information content (AvgIpc) is 3.20. The molecule has 1 aromatic rings. The largest absolute Gasteiger partial charge is 0.350 e. The van der Waals surface area contributed by atoms with Gasteiger partial charge in [-0.1, -0.05) is 0 Å². The van der Waals surface area contributed by atoms with Gasteiger partial charge in [0.2, 0.25) is 5.91 Å². The fraction of sp³-hybridized carbons (Fsp3) is 0.600. The SMILES string of the molecule is Cc1cc(NC(=O)C2CC2)sc1C(=O)NCC(C)N(C)C. The van der Waals surface area contributed by atoms with Crippen molar-refractivity contribution < 1.29 is 9.59 Å². The molecule has 1 fully saturated rings. The van der Waals surface area contributed by atoms with Crippen molar-refractivity contribution in [3.8, 4) is 0 Å². The zero-order valence-corrected chi connectivity index (χ0v) is 13.8. The van der Waals surface area contributed by atoms with Gasteiger partial charge >= 0.3 is 0 Å². The number of aryl methyl sites for hydroxylation is 1. The number of likely N-dealkylation sites (N-methyl/N-ethyl adjacent to an activating group) is 1. The summed E-state index contributed by atoms with van der Waals surface area (Å²) in [6.45, 7) is 4.56. The summed E-state index contributed by atoms with van der Waals surface area (Å²) in [4.78, 5) is 26.7. The second-order valence-electron chi connectivity index (χ2n) is 5.91. The maximum atomic E-state index is 12.2. The topological polar surface area (TPSA) is 61.4 Å². The summed E-state index contributed by atoms with van der Waals surface area (Å²) in [7, 11) is 3.97. The standard InChI is InChI=1S/C15H23N3O2S/c1-9-7-12(17-14(19)11-5-6-11)21-13(9)15(20)16-8-10(2)18(3)4/h7,10-11H,5-6,8H2,1-4H3,(H,16,20)(H,17,19). The molecule has 5 nitrogen and oxygen atoms in total. The van der Waals surface area contributed by atoms with E-state index in [4.69, 9.17) is 0 Å². The predicted octanol–water partition coefficient (Wildman–Crippen LogP) is 2.08. The molecular formula is C15H23N3O2S. The summed E-state index contributed by atoms with van der Waals surface area (Å²) in [5.74, 6) is 0.174. The molecule has 1 aromatic heterocycles. The maximum Gasteiger partial charge on any atom is 0.261 e. The van der Waals surface area contributed by atoms with Crippen LogP contribution in [0.25, 0.3) is 0 Å². The van der Waals surface area contributed by atoms with Crippen LogP contribution in [-0.2, 0) is 4.79 Å². The molecule has 6 heteroatoms. The quantitative estimate of drug-likeness (QED) is 0.846. The van der Waals surface area contributed by atoms with Crippen molar-refractivity contribution in [3.05, 3.63) is 16.5 Å². The van der Waals surface area contributed by atoms with Gasteiger partial charge in [0, 0.05) is 18.5 Å². The Morgan fingerprint density at radius 2 is 2.10 bits per heavy atom. The Morgan fingerprint density at radius 3 is 2.67 bits per heavy atom. The number of thiophene rings is 1. The van der Waals surface area contributed by atoms with Crippen LogP contribution in [0.15, 0.2) is 6.07 Å². The lowest BCUT2D eigenvalue weighted by Gasteiger charge is -2.19. The molecule has 0 spiro atoms. The Morgan fingerprint density at radius 1 is 1.43 bits per heavy atom. The van der Waals surface area contributed by atoms with Gasteiger partial charge in [0.05, 0.1) is 9.88 Å². The highest BCUT2D eigenvalue weighted by molar-refractivity contribution is 7.18. The molecule has 0 bridgehead atoms. The average molecular weight is 309 g/mol. The van der Waals surface area contributed by atoms with Crippen molar-refractivity contribution in [3.63, 3.8) is 0 Å². The number of hydrogen-bond acceptors (Lipinski definition) is 4. The van der Waals surface area contributed by atoms with Crippen molar-refractivity contribution in [2.24, 2.45) is 5.92 Å². The van der Waals surface area contributed by atoms with E-state index in [0.717, 1.165) is 23.4 Å². The third-order valence-electron chi connectivity index (χ3n) is 3.76. The third kappa shape index (κ3) is 4.28. The van der Waals surface area contributed by atoms with Gasteiger partial charge in [-0.3, -0.25) is 9.59 Å². The van der Waals surface area contributed by atoms with Gasteiger partial charge < -0.3 is 15.5 Å². The number of carbonyl (C=O) groups excluding carboxylic acids is 2. The zero-order chi connectivity index (χ0) is 15.6.